The van der Waals surface area contributed by atoms with Crippen molar-refractivity contribution in [1.29, 1.82) is 0 Å². The Balaban J connectivity index is 1.54. The number of nitrogens with zero attached hydrogens (tertiary/aromatic N) is 4. The smallest absolute Gasteiger partial charge is 0.336 e. The van der Waals surface area contributed by atoms with Crippen molar-refractivity contribution in [2.75, 3.05) is 13.1 Å². The van der Waals surface area contributed by atoms with Crippen LogP contribution in [0.5, 0.6) is 0 Å². The fourth-order valence-electron chi connectivity index (χ4n) is 3.53. The quantitative estimate of drug-likeness (QED) is 0.678. The number of hydrogen-bond donors (Lipinski definition) is 1. The zero-order valence-electron chi connectivity index (χ0n) is 15.2. The van der Waals surface area contributed by atoms with Crippen LogP contribution in [0.25, 0.3) is 11.3 Å². The van der Waals surface area contributed by atoms with E-state index in [0.29, 0.717) is 35.7 Å². The van der Waals surface area contributed by atoms with Gasteiger partial charge in [-0.2, -0.15) is 23.4 Å². The predicted molar refractivity (Wildman–Crippen MR) is 100 cm³/mol. The Morgan fingerprint density at radius 1 is 1.28 bits per heavy atom. The van der Waals surface area contributed by atoms with E-state index in [-0.39, 0.29) is 18.5 Å². The molecular formula is C19H17ClF3N5O. The number of hydrogen-bond acceptors (Lipinski definition) is 3. The molecule has 1 amide bonds. The van der Waals surface area contributed by atoms with Gasteiger partial charge < -0.3 is 4.90 Å². The fraction of sp³-hybridized carbons (Fsp3) is 0.316. The van der Waals surface area contributed by atoms with Gasteiger partial charge in [0.1, 0.15) is 0 Å². The molecule has 1 unspecified atom stereocenters. The topological polar surface area (TPSA) is 66.8 Å². The lowest BCUT2D eigenvalue weighted by Gasteiger charge is -2.33. The van der Waals surface area contributed by atoms with E-state index in [0.717, 1.165) is 11.6 Å². The summed E-state index contributed by atoms with van der Waals surface area (Å²) in [5.74, 6) is -0.235. The molecule has 1 aromatic carbocycles. The van der Waals surface area contributed by atoms with Gasteiger partial charge in [-0.05, 0) is 31.0 Å². The number of amides is 1. The van der Waals surface area contributed by atoms with Gasteiger partial charge in [0.25, 0.3) is 5.91 Å². The normalized spacial score (nSPS) is 17.5. The summed E-state index contributed by atoms with van der Waals surface area (Å²) < 4.78 is 39.8. The molecule has 3 heterocycles. The van der Waals surface area contributed by atoms with E-state index in [1.165, 1.54) is 17.1 Å². The summed E-state index contributed by atoms with van der Waals surface area (Å²) in [5.41, 5.74) is 0.746. The van der Waals surface area contributed by atoms with Crippen LogP contribution in [0.15, 0.2) is 42.7 Å². The Bertz CT molecular complexity index is 1030. The van der Waals surface area contributed by atoms with E-state index in [1.807, 2.05) is 6.07 Å². The number of benzene rings is 1. The minimum Gasteiger partial charge on any atom is -0.336 e. The monoisotopic (exact) mass is 423 g/mol. The van der Waals surface area contributed by atoms with Gasteiger partial charge in [-0.15, -0.1) is 0 Å². The van der Waals surface area contributed by atoms with Gasteiger partial charge in [-0.1, -0.05) is 23.7 Å². The molecule has 0 radical (unpaired) electrons. The number of piperidine rings is 1. The van der Waals surface area contributed by atoms with Crippen LogP contribution in [-0.4, -0.2) is 43.9 Å². The predicted octanol–water partition coefficient (Wildman–Crippen LogP) is 4.42. The summed E-state index contributed by atoms with van der Waals surface area (Å²) >= 11 is 6.04. The van der Waals surface area contributed by atoms with Gasteiger partial charge in [-0.25, -0.2) is 0 Å². The maximum atomic E-state index is 13.1. The number of aromatic nitrogens is 4. The van der Waals surface area contributed by atoms with Crippen molar-refractivity contribution in [3.8, 4) is 11.3 Å². The molecule has 0 bridgehead atoms. The van der Waals surface area contributed by atoms with Crippen molar-refractivity contribution in [2.24, 2.45) is 0 Å². The number of likely N-dealkylation sites (tertiary alicyclic amines) is 1. The van der Waals surface area contributed by atoms with Crippen LogP contribution in [0.4, 0.5) is 13.2 Å². The molecule has 10 heteroatoms. The molecule has 3 aromatic rings. The zero-order valence-corrected chi connectivity index (χ0v) is 15.9. The molecule has 4 rings (SSSR count). The number of carbonyl (C=O) groups is 1. The van der Waals surface area contributed by atoms with Gasteiger partial charge in [0.15, 0.2) is 5.69 Å². The first-order valence-corrected chi connectivity index (χ1v) is 9.41. The zero-order chi connectivity index (χ0) is 20.6. The van der Waals surface area contributed by atoms with E-state index in [9.17, 15) is 18.0 Å². The largest absolute Gasteiger partial charge is 0.435 e. The third-order valence-corrected chi connectivity index (χ3v) is 5.17. The first-order chi connectivity index (χ1) is 13.8. The van der Waals surface area contributed by atoms with Crippen LogP contribution < -0.4 is 0 Å². The Labute approximate surface area is 169 Å². The first kappa shape index (κ1) is 19.5. The van der Waals surface area contributed by atoms with E-state index in [1.54, 1.807) is 23.1 Å². The highest BCUT2D eigenvalue weighted by Gasteiger charge is 2.35. The summed E-state index contributed by atoms with van der Waals surface area (Å²) in [6, 6.07) is 7.70. The minimum absolute atomic E-state index is 0.235. The number of aromatic amines is 1. The average molecular weight is 424 g/mol. The number of alkyl halides is 3. The maximum Gasteiger partial charge on any atom is 0.435 e. The van der Waals surface area contributed by atoms with E-state index >= 15 is 0 Å². The molecule has 6 nitrogen and oxygen atoms in total. The summed E-state index contributed by atoms with van der Waals surface area (Å²) in [6.07, 6.45) is -0.399. The molecule has 0 saturated carbocycles. The lowest BCUT2D eigenvalue weighted by Crippen LogP contribution is -2.41. The highest BCUT2D eigenvalue weighted by atomic mass is 35.5. The standard InChI is InChI=1S/C19H17ClF3N5O/c20-13-4-1-3-12(9-13)17-15(10-24-25-17)18(29)27-7-2-5-14(11-27)28-8-6-16(26-28)19(21,22)23/h1,3-4,6,8-10,14H,2,5,7,11H2,(H,24,25). The van der Waals surface area contributed by atoms with E-state index in [2.05, 4.69) is 15.3 Å². The molecule has 1 saturated heterocycles. The molecule has 29 heavy (non-hydrogen) atoms. The second-order valence-corrected chi connectivity index (χ2v) is 7.33. The van der Waals surface area contributed by atoms with Crippen LogP contribution in [0.2, 0.25) is 5.02 Å². The van der Waals surface area contributed by atoms with Crippen LogP contribution in [-0.2, 0) is 6.18 Å². The molecule has 1 atom stereocenters. The van der Waals surface area contributed by atoms with E-state index in [4.69, 9.17) is 11.6 Å². The van der Waals surface area contributed by atoms with Gasteiger partial charge in [0.2, 0.25) is 0 Å². The third kappa shape index (κ3) is 4.00. The van der Waals surface area contributed by atoms with Gasteiger partial charge in [0, 0.05) is 29.9 Å². The first-order valence-electron chi connectivity index (χ1n) is 9.04. The number of rotatable bonds is 3. The lowest BCUT2D eigenvalue weighted by molar-refractivity contribution is -0.141. The summed E-state index contributed by atoms with van der Waals surface area (Å²) in [6.45, 7) is 0.793. The number of H-pyrrole nitrogens is 1. The van der Waals surface area contributed by atoms with Crippen molar-refractivity contribution in [3.05, 3.63) is 59.0 Å². The molecule has 2 aromatic heterocycles. The van der Waals surface area contributed by atoms with Gasteiger partial charge in [0.05, 0.1) is 23.5 Å². The second kappa shape index (κ2) is 7.55. The highest BCUT2D eigenvalue weighted by Crippen LogP contribution is 2.30. The van der Waals surface area contributed by atoms with Crippen molar-refractivity contribution < 1.29 is 18.0 Å². The van der Waals surface area contributed by atoms with Crippen LogP contribution >= 0.6 is 11.6 Å². The lowest BCUT2D eigenvalue weighted by atomic mass is 10.0. The Hall–Kier alpha value is -2.81. The minimum atomic E-state index is -4.49. The molecule has 1 aliphatic rings. The third-order valence-electron chi connectivity index (χ3n) is 4.94. The fourth-order valence-corrected chi connectivity index (χ4v) is 3.72. The van der Waals surface area contributed by atoms with Crippen molar-refractivity contribution in [3.63, 3.8) is 0 Å². The number of carbonyl (C=O) groups excluding carboxylic acids is 1. The summed E-state index contributed by atoms with van der Waals surface area (Å²) in [4.78, 5) is 14.7. The SMILES string of the molecule is O=C(c1cn[nH]c1-c1cccc(Cl)c1)N1CCCC(n2ccc(C(F)(F)F)n2)C1. The Morgan fingerprint density at radius 3 is 2.83 bits per heavy atom. The molecule has 0 aliphatic carbocycles. The van der Waals surface area contributed by atoms with Crippen molar-refractivity contribution in [1.82, 2.24) is 24.9 Å². The van der Waals surface area contributed by atoms with Crippen LogP contribution in [0, 0.1) is 0 Å². The number of nitrogens with one attached hydrogen (secondary N) is 1. The maximum absolute atomic E-state index is 13.1. The average Bonchev–Trinajstić information content (AvgIpc) is 3.37. The Morgan fingerprint density at radius 2 is 2.10 bits per heavy atom. The van der Waals surface area contributed by atoms with Gasteiger partial charge >= 0.3 is 6.18 Å². The van der Waals surface area contributed by atoms with Crippen LogP contribution in [0.1, 0.15) is 34.9 Å². The summed E-state index contributed by atoms with van der Waals surface area (Å²) in [5, 5.41) is 11.0. The number of halogens is 4. The second-order valence-electron chi connectivity index (χ2n) is 6.89. The highest BCUT2D eigenvalue weighted by molar-refractivity contribution is 6.30. The molecule has 1 fully saturated rings. The summed E-state index contributed by atoms with van der Waals surface area (Å²) in [7, 11) is 0. The van der Waals surface area contributed by atoms with E-state index < -0.39 is 11.9 Å². The molecule has 1 N–H and O–H groups in total. The Kier molecular flexibility index (Phi) is 5.08. The molecule has 152 valence electrons. The molecular weight excluding hydrogens is 407 g/mol. The molecule has 1 aliphatic heterocycles. The molecule has 0 spiro atoms. The van der Waals surface area contributed by atoms with Gasteiger partial charge in [-0.3, -0.25) is 14.6 Å². The van der Waals surface area contributed by atoms with Crippen molar-refractivity contribution >= 4 is 17.5 Å². The van der Waals surface area contributed by atoms with Crippen LogP contribution in [0.3, 0.4) is 0 Å². The van der Waals surface area contributed by atoms with Crippen molar-refractivity contribution in [2.45, 2.75) is 25.1 Å².